The molecule has 28 heavy (non-hydrogen) atoms. The van der Waals surface area contributed by atoms with Crippen molar-refractivity contribution in [3.63, 3.8) is 0 Å². The fraction of sp³-hybridized carbons (Fsp3) is 0.105. The number of hydrogen-bond acceptors (Lipinski definition) is 4. The molecular formula is C19H14Cl3N5O. The molecule has 1 amide bonds. The second-order valence-corrected chi connectivity index (χ2v) is 7.48. The SMILES string of the molecule is CC1=C(C(=O)Nc2ccc(Cl)cc2)[C@H](c2ccc(Cl)c(Cl)c2)n2ncnc2N1. The van der Waals surface area contributed by atoms with E-state index in [4.69, 9.17) is 34.8 Å². The molecule has 0 aliphatic carbocycles. The quantitative estimate of drug-likeness (QED) is 0.597. The minimum Gasteiger partial charge on any atom is -0.328 e. The largest absolute Gasteiger partial charge is 0.328 e. The molecule has 2 N–H and O–H groups in total. The summed E-state index contributed by atoms with van der Waals surface area (Å²) in [4.78, 5) is 17.4. The van der Waals surface area contributed by atoms with E-state index in [0.29, 0.717) is 38.0 Å². The highest BCUT2D eigenvalue weighted by atomic mass is 35.5. The van der Waals surface area contributed by atoms with Crippen LogP contribution in [0.2, 0.25) is 15.1 Å². The third-order valence-corrected chi connectivity index (χ3v) is 5.39. The summed E-state index contributed by atoms with van der Waals surface area (Å²) in [7, 11) is 0. The van der Waals surface area contributed by atoms with Crippen molar-refractivity contribution in [2.24, 2.45) is 0 Å². The van der Waals surface area contributed by atoms with Crippen LogP contribution in [0.4, 0.5) is 11.6 Å². The van der Waals surface area contributed by atoms with E-state index in [2.05, 4.69) is 20.7 Å². The summed E-state index contributed by atoms with van der Waals surface area (Å²) in [5.74, 6) is 0.265. The lowest BCUT2D eigenvalue weighted by Crippen LogP contribution is -2.31. The van der Waals surface area contributed by atoms with Gasteiger partial charge in [0.25, 0.3) is 5.91 Å². The molecule has 6 nitrogen and oxygen atoms in total. The van der Waals surface area contributed by atoms with Gasteiger partial charge >= 0.3 is 0 Å². The second kappa shape index (κ2) is 7.47. The lowest BCUT2D eigenvalue weighted by molar-refractivity contribution is -0.113. The number of anilines is 2. The Kier molecular flexibility index (Phi) is 5.02. The fourth-order valence-electron chi connectivity index (χ4n) is 3.11. The number of aromatic nitrogens is 3. The molecule has 0 radical (unpaired) electrons. The normalized spacial score (nSPS) is 15.8. The first-order chi connectivity index (χ1) is 13.4. The number of nitrogens with one attached hydrogen (secondary N) is 2. The second-order valence-electron chi connectivity index (χ2n) is 6.23. The molecule has 1 aliphatic heterocycles. The van der Waals surface area contributed by atoms with Gasteiger partial charge in [0.05, 0.1) is 15.6 Å². The van der Waals surface area contributed by atoms with Crippen molar-refractivity contribution in [3.8, 4) is 0 Å². The van der Waals surface area contributed by atoms with Crippen molar-refractivity contribution in [2.75, 3.05) is 10.6 Å². The zero-order valence-electron chi connectivity index (χ0n) is 14.6. The molecule has 4 rings (SSSR count). The molecule has 0 bridgehead atoms. The average molecular weight is 435 g/mol. The Morgan fingerprint density at radius 3 is 2.57 bits per heavy atom. The number of rotatable bonds is 3. The standard InChI is InChI=1S/C19H14Cl3N5O/c1-10-16(18(28)26-13-5-3-12(20)4-6-13)17(27-19(25-10)23-9-24-27)11-2-7-14(21)15(22)8-11/h2-9,17H,1H3,(H,26,28)(H,23,24,25)/t17-/m0/s1. The van der Waals surface area contributed by atoms with Crippen LogP contribution >= 0.6 is 34.8 Å². The smallest absolute Gasteiger partial charge is 0.255 e. The van der Waals surface area contributed by atoms with Crippen LogP contribution in [0.25, 0.3) is 0 Å². The van der Waals surface area contributed by atoms with Crippen molar-refractivity contribution in [1.82, 2.24) is 14.8 Å². The Morgan fingerprint density at radius 2 is 1.86 bits per heavy atom. The number of carbonyl (C=O) groups is 1. The zero-order chi connectivity index (χ0) is 19.8. The van der Waals surface area contributed by atoms with Gasteiger partial charge in [-0.1, -0.05) is 40.9 Å². The van der Waals surface area contributed by atoms with Crippen LogP contribution in [0.5, 0.6) is 0 Å². The zero-order valence-corrected chi connectivity index (χ0v) is 16.8. The summed E-state index contributed by atoms with van der Waals surface area (Å²) in [5, 5.41) is 11.7. The highest BCUT2D eigenvalue weighted by Gasteiger charge is 2.33. The summed E-state index contributed by atoms with van der Waals surface area (Å²) in [6.45, 7) is 1.82. The number of allylic oxidation sites excluding steroid dienone is 1. The molecule has 2 heterocycles. The molecule has 1 aliphatic rings. The molecule has 9 heteroatoms. The summed E-state index contributed by atoms with van der Waals surface area (Å²) < 4.78 is 1.64. The Hall–Kier alpha value is -2.54. The van der Waals surface area contributed by atoms with E-state index < -0.39 is 6.04 Å². The van der Waals surface area contributed by atoms with Crippen molar-refractivity contribution in [2.45, 2.75) is 13.0 Å². The minimum absolute atomic E-state index is 0.274. The van der Waals surface area contributed by atoms with Gasteiger partial charge in [0, 0.05) is 16.4 Å². The Bertz CT molecular complexity index is 1090. The monoisotopic (exact) mass is 433 g/mol. The summed E-state index contributed by atoms with van der Waals surface area (Å²) >= 11 is 18.2. The predicted molar refractivity (Wildman–Crippen MR) is 111 cm³/mol. The molecule has 3 aromatic rings. The molecule has 0 fully saturated rings. The van der Waals surface area contributed by atoms with Gasteiger partial charge in [-0.25, -0.2) is 4.68 Å². The maximum absolute atomic E-state index is 13.2. The first-order valence-corrected chi connectivity index (χ1v) is 9.46. The van der Waals surface area contributed by atoms with E-state index >= 15 is 0 Å². The Balaban J connectivity index is 1.77. The molecule has 142 valence electrons. The van der Waals surface area contributed by atoms with E-state index in [1.54, 1.807) is 41.1 Å². The van der Waals surface area contributed by atoms with Crippen molar-refractivity contribution >= 4 is 52.3 Å². The third-order valence-electron chi connectivity index (χ3n) is 4.40. The van der Waals surface area contributed by atoms with Crippen molar-refractivity contribution < 1.29 is 4.79 Å². The molecule has 2 aromatic carbocycles. The molecule has 1 atom stereocenters. The minimum atomic E-state index is -0.513. The van der Waals surface area contributed by atoms with Crippen LogP contribution in [0, 0.1) is 0 Å². The van der Waals surface area contributed by atoms with E-state index in [1.807, 2.05) is 13.0 Å². The van der Waals surface area contributed by atoms with Gasteiger partial charge < -0.3 is 10.6 Å². The van der Waals surface area contributed by atoms with Crippen LogP contribution < -0.4 is 10.6 Å². The fourth-order valence-corrected chi connectivity index (χ4v) is 3.54. The maximum atomic E-state index is 13.2. The first kappa shape index (κ1) is 18.8. The number of amides is 1. The number of carbonyl (C=O) groups excluding carboxylic acids is 1. The molecule has 0 unspecified atom stereocenters. The summed E-state index contributed by atoms with van der Waals surface area (Å²) in [6, 6.07) is 11.6. The van der Waals surface area contributed by atoms with E-state index in [1.165, 1.54) is 6.33 Å². The maximum Gasteiger partial charge on any atom is 0.255 e. The molecule has 0 saturated heterocycles. The lowest BCUT2D eigenvalue weighted by atomic mass is 9.95. The summed E-state index contributed by atoms with van der Waals surface area (Å²) in [5.41, 5.74) is 2.56. The average Bonchev–Trinajstić information content (AvgIpc) is 3.12. The predicted octanol–water partition coefficient (Wildman–Crippen LogP) is 5.17. The molecule has 0 saturated carbocycles. The lowest BCUT2D eigenvalue weighted by Gasteiger charge is -2.29. The number of halogens is 3. The van der Waals surface area contributed by atoms with Crippen molar-refractivity contribution in [3.05, 3.63) is 80.7 Å². The number of benzene rings is 2. The number of hydrogen-bond donors (Lipinski definition) is 2. The van der Waals surface area contributed by atoms with Crippen LogP contribution in [-0.2, 0) is 4.79 Å². The van der Waals surface area contributed by atoms with Crippen LogP contribution in [0.15, 0.2) is 60.1 Å². The summed E-state index contributed by atoms with van der Waals surface area (Å²) in [6.07, 6.45) is 1.43. The highest BCUT2D eigenvalue weighted by molar-refractivity contribution is 6.42. The molecule has 0 spiro atoms. The Labute approximate surface area is 176 Å². The van der Waals surface area contributed by atoms with Gasteiger partial charge in [-0.3, -0.25) is 4.79 Å². The van der Waals surface area contributed by atoms with Crippen molar-refractivity contribution in [1.29, 1.82) is 0 Å². The number of nitrogens with zero attached hydrogens (tertiary/aromatic N) is 3. The molecular weight excluding hydrogens is 421 g/mol. The van der Waals surface area contributed by atoms with Gasteiger partial charge in [0.15, 0.2) is 0 Å². The van der Waals surface area contributed by atoms with E-state index in [-0.39, 0.29) is 5.91 Å². The molecule has 1 aromatic heterocycles. The van der Waals surface area contributed by atoms with Crippen LogP contribution in [0.3, 0.4) is 0 Å². The van der Waals surface area contributed by atoms with E-state index in [0.717, 1.165) is 5.56 Å². The van der Waals surface area contributed by atoms with E-state index in [9.17, 15) is 4.79 Å². The van der Waals surface area contributed by atoms with Gasteiger partial charge in [-0.15, -0.1) is 0 Å². The van der Waals surface area contributed by atoms with Gasteiger partial charge in [0.1, 0.15) is 12.4 Å². The topological polar surface area (TPSA) is 71.8 Å². The van der Waals surface area contributed by atoms with Crippen LogP contribution in [-0.4, -0.2) is 20.7 Å². The van der Waals surface area contributed by atoms with Gasteiger partial charge in [-0.2, -0.15) is 10.1 Å². The van der Waals surface area contributed by atoms with Crippen LogP contribution in [0.1, 0.15) is 18.5 Å². The Morgan fingerprint density at radius 1 is 1.11 bits per heavy atom. The highest BCUT2D eigenvalue weighted by Crippen LogP contribution is 2.37. The third kappa shape index (κ3) is 3.46. The first-order valence-electron chi connectivity index (χ1n) is 8.33. The number of fused-ring (bicyclic) bond motifs is 1. The van der Waals surface area contributed by atoms with Gasteiger partial charge in [0.2, 0.25) is 5.95 Å². The van der Waals surface area contributed by atoms with Gasteiger partial charge in [-0.05, 0) is 48.9 Å².